The van der Waals surface area contributed by atoms with Gasteiger partial charge in [0, 0.05) is 33.1 Å². The fourth-order valence-electron chi connectivity index (χ4n) is 1.60. The van der Waals surface area contributed by atoms with Crippen LogP contribution in [0.4, 0.5) is 0 Å². The summed E-state index contributed by atoms with van der Waals surface area (Å²) in [6.07, 6.45) is 0.456. The first-order valence-electron chi connectivity index (χ1n) is 6.02. The molecule has 1 aromatic rings. The van der Waals surface area contributed by atoms with Crippen LogP contribution in [0.15, 0.2) is 29.2 Å². The number of rotatable bonds is 6. The molecule has 1 rings (SSSR count). The molecule has 0 bridgehead atoms. The molecule has 0 fully saturated rings. The molecule has 1 unspecified atom stereocenters. The molecular weight excluding hydrogens is 262 g/mol. The molecule has 1 aromatic carbocycles. The fourth-order valence-corrected chi connectivity index (χ4v) is 2.50. The van der Waals surface area contributed by atoms with E-state index in [2.05, 4.69) is 11.4 Å². The van der Waals surface area contributed by atoms with E-state index in [0.29, 0.717) is 13.0 Å². The van der Waals surface area contributed by atoms with E-state index >= 15 is 0 Å². The monoisotopic (exact) mass is 281 g/mol. The average Bonchev–Trinajstić information content (AvgIpc) is 2.39. The lowest BCUT2D eigenvalue weighted by atomic mass is 10.1. The summed E-state index contributed by atoms with van der Waals surface area (Å²) >= 11 is 0. The summed E-state index contributed by atoms with van der Waals surface area (Å²) in [5, 5.41) is 11.7. The van der Waals surface area contributed by atoms with Crippen molar-refractivity contribution in [2.75, 3.05) is 20.6 Å². The fraction of sp³-hybridized carbons (Fsp3) is 0.462. The van der Waals surface area contributed by atoms with Gasteiger partial charge in [0.15, 0.2) is 0 Å². The molecule has 19 heavy (non-hydrogen) atoms. The summed E-state index contributed by atoms with van der Waals surface area (Å²) in [5.74, 6) is 0. The Morgan fingerprint density at radius 1 is 1.32 bits per heavy atom. The van der Waals surface area contributed by atoms with Gasteiger partial charge < -0.3 is 5.32 Å². The number of nitrogens with one attached hydrogen (secondary N) is 1. The van der Waals surface area contributed by atoms with Crippen LogP contribution >= 0.6 is 0 Å². The third kappa shape index (κ3) is 4.03. The number of benzene rings is 1. The van der Waals surface area contributed by atoms with E-state index in [0.717, 1.165) is 5.56 Å². The quantitative estimate of drug-likeness (QED) is 0.802. The Balaban J connectivity index is 2.80. The number of hydrogen-bond donors (Lipinski definition) is 1. The first kappa shape index (κ1) is 15.6. The van der Waals surface area contributed by atoms with Crippen LogP contribution in [0.1, 0.15) is 24.9 Å². The molecule has 0 heterocycles. The van der Waals surface area contributed by atoms with E-state index in [1.54, 1.807) is 24.3 Å². The van der Waals surface area contributed by atoms with Gasteiger partial charge in [-0.25, -0.2) is 12.7 Å². The molecule has 0 saturated heterocycles. The number of hydrogen-bond acceptors (Lipinski definition) is 4. The Morgan fingerprint density at radius 2 is 1.89 bits per heavy atom. The minimum atomic E-state index is -3.37. The summed E-state index contributed by atoms with van der Waals surface area (Å²) in [7, 11) is -0.352. The molecule has 0 aliphatic rings. The van der Waals surface area contributed by atoms with Crippen LogP contribution in [-0.4, -0.2) is 33.4 Å². The zero-order valence-electron chi connectivity index (χ0n) is 11.4. The minimum absolute atomic E-state index is 0.0875. The Hall–Kier alpha value is -1.42. The van der Waals surface area contributed by atoms with Gasteiger partial charge in [-0.2, -0.15) is 5.26 Å². The molecule has 1 atom stereocenters. The molecule has 0 saturated carbocycles. The van der Waals surface area contributed by atoms with Gasteiger partial charge in [-0.1, -0.05) is 12.1 Å². The van der Waals surface area contributed by atoms with E-state index < -0.39 is 10.0 Å². The standard InChI is InChI=1S/C13H19N3O2S/c1-11(15-10-4-9-14)12-5-7-13(8-6-12)19(17,18)16(2)3/h5-8,11,15H,4,10H2,1-3H3. The highest BCUT2D eigenvalue weighted by atomic mass is 32.2. The molecular formula is C13H19N3O2S. The third-order valence-electron chi connectivity index (χ3n) is 2.85. The minimum Gasteiger partial charge on any atom is -0.309 e. The van der Waals surface area contributed by atoms with Gasteiger partial charge >= 0.3 is 0 Å². The van der Waals surface area contributed by atoms with Crippen molar-refractivity contribution in [1.29, 1.82) is 5.26 Å². The second-order valence-electron chi connectivity index (χ2n) is 4.44. The molecule has 0 aliphatic heterocycles. The first-order valence-corrected chi connectivity index (χ1v) is 7.46. The maximum absolute atomic E-state index is 11.9. The Labute approximate surface area is 114 Å². The smallest absolute Gasteiger partial charge is 0.242 e. The van der Waals surface area contributed by atoms with Crippen molar-refractivity contribution in [3.63, 3.8) is 0 Å². The largest absolute Gasteiger partial charge is 0.309 e. The van der Waals surface area contributed by atoms with Crippen LogP contribution < -0.4 is 5.32 Å². The zero-order chi connectivity index (χ0) is 14.5. The summed E-state index contributed by atoms with van der Waals surface area (Å²) in [4.78, 5) is 0.283. The number of sulfonamides is 1. The van der Waals surface area contributed by atoms with Gasteiger partial charge in [-0.05, 0) is 24.6 Å². The molecule has 1 N–H and O–H groups in total. The van der Waals surface area contributed by atoms with Gasteiger partial charge in [-0.15, -0.1) is 0 Å². The van der Waals surface area contributed by atoms with E-state index in [-0.39, 0.29) is 10.9 Å². The molecule has 0 spiro atoms. The SMILES string of the molecule is CC(NCCC#N)c1ccc(S(=O)(=O)N(C)C)cc1. The number of nitrogens with zero attached hydrogens (tertiary/aromatic N) is 2. The van der Waals surface area contributed by atoms with Crippen molar-refractivity contribution >= 4 is 10.0 Å². The topological polar surface area (TPSA) is 73.2 Å². The molecule has 104 valence electrons. The van der Waals surface area contributed by atoms with Crippen LogP contribution in [0.5, 0.6) is 0 Å². The number of nitriles is 1. The summed E-state index contributed by atoms with van der Waals surface area (Å²) in [5.41, 5.74) is 0.996. The third-order valence-corrected chi connectivity index (χ3v) is 4.68. The molecule has 0 aromatic heterocycles. The van der Waals surface area contributed by atoms with Gasteiger partial charge in [0.05, 0.1) is 11.0 Å². The Kier molecular flexibility index (Phi) is 5.48. The maximum atomic E-state index is 11.9. The van der Waals surface area contributed by atoms with Gasteiger partial charge in [0.1, 0.15) is 0 Å². The van der Waals surface area contributed by atoms with E-state index in [4.69, 9.17) is 5.26 Å². The molecule has 6 heteroatoms. The highest BCUT2D eigenvalue weighted by Crippen LogP contribution is 2.17. The Morgan fingerprint density at radius 3 is 2.37 bits per heavy atom. The van der Waals surface area contributed by atoms with Crippen LogP contribution in [-0.2, 0) is 10.0 Å². The molecule has 0 radical (unpaired) electrons. The predicted octanol–water partition coefficient (Wildman–Crippen LogP) is 1.50. The van der Waals surface area contributed by atoms with Crippen molar-refractivity contribution in [1.82, 2.24) is 9.62 Å². The van der Waals surface area contributed by atoms with Crippen LogP contribution in [0.3, 0.4) is 0 Å². The van der Waals surface area contributed by atoms with Crippen LogP contribution in [0.25, 0.3) is 0 Å². The second kappa shape index (κ2) is 6.66. The average molecular weight is 281 g/mol. The van der Waals surface area contributed by atoms with Gasteiger partial charge in [-0.3, -0.25) is 0 Å². The maximum Gasteiger partial charge on any atom is 0.242 e. The van der Waals surface area contributed by atoms with Crippen LogP contribution in [0, 0.1) is 11.3 Å². The van der Waals surface area contributed by atoms with E-state index in [1.165, 1.54) is 18.4 Å². The van der Waals surface area contributed by atoms with E-state index in [1.807, 2.05) is 6.92 Å². The lowest BCUT2D eigenvalue weighted by molar-refractivity contribution is 0.520. The molecule has 0 aliphatic carbocycles. The zero-order valence-corrected chi connectivity index (χ0v) is 12.2. The van der Waals surface area contributed by atoms with Gasteiger partial charge in [0.2, 0.25) is 10.0 Å². The van der Waals surface area contributed by atoms with Gasteiger partial charge in [0.25, 0.3) is 0 Å². The predicted molar refractivity (Wildman–Crippen MR) is 74.0 cm³/mol. The van der Waals surface area contributed by atoms with Crippen molar-refractivity contribution in [2.24, 2.45) is 0 Å². The normalized spacial score (nSPS) is 13.2. The summed E-state index contributed by atoms with van der Waals surface area (Å²) in [6.45, 7) is 2.60. The Bertz CT molecular complexity index is 544. The first-order chi connectivity index (χ1) is 8.89. The summed E-state index contributed by atoms with van der Waals surface area (Å²) < 4.78 is 25.0. The second-order valence-corrected chi connectivity index (χ2v) is 6.59. The van der Waals surface area contributed by atoms with Crippen molar-refractivity contribution in [3.8, 4) is 6.07 Å². The lowest BCUT2D eigenvalue weighted by Crippen LogP contribution is -2.22. The lowest BCUT2D eigenvalue weighted by Gasteiger charge is -2.15. The van der Waals surface area contributed by atoms with Crippen molar-refractivity contribution in [3.05, 3.63) is 29.8 Å². The molecule has 0 amide bonds. The highest BCUT2D eigenvalue weighted by Gasteiger charge is 2.17. The van der Waals surface area contributed by atoms with E-state index in [9.17, 15) is 8.42 Å². The van der Waals surface area contributed by atoms with Crippen LogP contribution in [0.2, 0.25) is 0 Å². The molecule has 5 nitrogen and oxygen atoms in total. The van der Waals surface area contributed by atoms with Crippen molar-refractivity contribution < 1.29 is 8.42 Å². The van der Waals surface area contributed by atoms with Crippen molar-refractivity contribution in [2.45, 2.75) is 24.3 Å². The highest BCUT2D eigenvalue weighted by molar-refractivity contribution is 7.89. The summed E-state index contributed by atoms with van der Waals surface area (Å²) in [6, 6.07) is 8.95.